The van der Waals surface area contributed by atoms with Crippen LogP contribution >= 0.6 is 10.7 Å². The van der Waals surface area contributed by atoms with Crippen molar-refractivity contribution in [1.29, 1.82) is 0 Å². The third kappa shape index (κ3) is 5.94. The van der Waals surface area contributed by atoms with Gasteiger partial charge in [-0.2, -0.15) is 0 Å². The second-order valence-electron chi connectivity index (χ2n) is 4.07. The lowest BCUT2D eigenvalue weighted by Crippen LogP contribution is -2.03. The average molecular weight is 277 g/mol. The summed E-state index contributed by atoms with van der Waals surface area (Å²) in [5.41, 5.74) is 2.23. The Morgan fingerprint density at radius 3 is 2.59 bits per heavy atom. The van der Waals surface area contributed by atoms with Gasteiger partial charge < -0.3 is 4.74 Å². The molecule has 0 aliphatic rings. The van der Waals surface area contributed by atoms with Crippen LogP contribution in [0.1, 0.15) is 24.0 Å². The van der Waals surface area contributed by atoms with E-state index in [2.05, 4.69) is 0 Å². The van der Waals surface area contributed by atoms with Crippen LogP contribution < -0.4 is 4.74 Å². The number of hydrogen-bond donors (Lipinski definition) is 0. The van der Waals surface area contributed by atoms with Gasteiger partial charge in [0.25, 0.3) is 0 Å². The molecule has 5 heteroatoms. The van der Waals surface area contributed by atoms with Crippen LogP contribution in [0.15, 0.2) is 18.2 Å². The average Bonchev–Trinajstić information content (AvgIpc) is 2.21. The maximum Gasteiger partial charge on any atom is 0.232 e. The summed E-state index contributed by atoms with van der Waals surface area (Å²) in [6, 6.07) is 6.02. The quantitative estimate of drug-likeness (QED) is 0.592. The number of rotatable bonds is 6. The molecule has 17 heavy (non-hydrogen) atoms. The number of aryl methyl sites for hydroxylation is 2. The molecule has 0 aliphatic carbocycles. The molecule has 1 rings (SSSR count). The van der Waals surface area contributed by atoms with E-state index in [1.165, 1.54) is 0 Å². The molecule has 1 aromatic carbocycles. The van der Waals surface area contributed by atoms with Gasteiger partial charge in [-0.05, 0) is 43.9 Å². The van der Waals surface area contributed by atoms with E-state index in [0.29, 0.717) is 19.4 Å². The van der Waals surface area contributed by atoms with Crippen LogP contribution in [-0.2, 0) is 9.05 Å². The molecule has 0 radical (unpaired) electrons. The molecule has 0 atom stereocenters. The Morgan fingerprint density at radius 1 is 1.24 bits per heavy atom. The van der Waals surface area contributed by atoms with Crippen LogP contribution in [0.25, 0.3) is 0 Å². The van der Waals surface area contributed by atoms with Gasteiger partial charge in [0.05, 0.1) is 12.4 Å². The van der Waals surface area contributed by atoms with Crippen LogP contribution in [0, 0.1) is 13.8 Å². The highest BCUT2D eigenvalue weighted by Gasteiger charge is 2.04. The fraction of sp³-hybridized carbons (Fsp3) is 0.500. The zero-order valence-electron chi connectivity index (χ0n) is 10.1. The van der Waals surface area contributed by atoms with E-state index < -0.39 is 9.05 Å². The molecule has 3 nitrogen and oxygen atoms in total. The maximum atomic E-state index is 10.7. The highest BCUT2D eigenvalue weighted by Crippen LogP contribution is 2.19. The minimum absolute atomic E-state index is 0.00468. The second-order valence-corrected chi connectivity index (χ2v) is 6.96. The van der Waals surface area contributed by atoms with E-state index in [4.69, 9.17) is 15.4 Å². The summed E-state index contributed by atoms with van der Waals surface area (Å²) in [6.45, 7) is 4.50. The lowest BCUT2D eigenvalue weighted by molar-refractivity contribution is 0.307. The Labute approximate surface area is 107 Å². The normalized spacial score (nSPS) is 11.5. The number of ether oxygens (including phenoxy) is 1. The minimum atomic E-state index is -3.37. The van der Waals surface area contributed by atoms with E-state index in [-0.39, 0.29) is 5.75 Å². The standard InChI is InChI=1S/C12H17ClO3S/c1-10-5-6-11(2)12(9-10)16-7-3-4-8-17(13,14)15/h5-6,9H,3-4,7-8H2,1-2H3. The minimum Gasteiger partial charge on any atom is -0.493 e. The molecule has 0 unspecified atom stereocenters. The van der Waals surface area contributed by atoms with Crippen molar-refractivity contribution in [2.45, 2.75) is 26.7 Å². The number of hydrogen-bond acceptors (Lipinski definition) is 3. The first-order valence-electron chi connectivity index (χ1n) is 5.51. The van der Waals surface area contributed by atoms with Crippen molar-refractivity contribution in [3.8, 4) is 5.75 Å². The molecular weight excluding hydrogens is 260 g/mol. The molecule has 0 N–H and O–H groups in total. The topological polar surface area (TPSA) is 43.4 Å². The summed E-state index contributed by atoms with van der Waals surface area (Å²) in [4.78, 5) is 0. The Morgan fingerprint density at radius 2 is 1.94 bits per heavy atom. The van der Waals surface area contributed by atoms with Gasteiger partial charge in [0, 0.05) is 10.7 Å². The summed E-state index contributed by atoms with van der Waals surface area (Å²) >= 11 is 0. The van der Waals surface area contributed by atoms with E-state index in [0.717, 1.165) is 16.9 Å². The van der Waals surface area contributed by atoms with E-state index in [9.17, 15) is 8.42 Å². The van der Waals surface area contributed by atoms with Crippen LogP contribution in [0.2, 0.25) is 0 Å². The second kappa shape index (κ2) is 6.26. The van der Waals surface area contributed by atoms with Crippen LogP contribution in [-0.4, -0.2) is 20.8 Å². The van der Waals surface area contributed by atoms with E-state index in [1.54, 1.807) is 0 Å². The summed E-state index contributed by atoms with van der Waals surface area (Å²) < 4.78 is 27.0. The monoisotopic (exact) mass is 276 g/mol. The van der Waals surface area contributed by atoms with Gasteiger partial charge in [0.1, 0.15) is 5.75 Å². The predicted molar refractivity (Wildman–Crippen MR) is 70.3 cm³/mol. The molecule has 0 fully saturated rings. The Balaban J connectivity index is 2.34. The molecule has 0 bridgehead atoms. The van der Waals surface area contributed by atoms with Crippen LogP contribution in [0.4, 0.5) is 0 Å². The van der Waals surface area contributed by atoms with Crippen molar-refractivity contribution in [3.05, 3.63) is 29.3 Å². The van der Waals surface area contributed by atoms with Gasteiger partial charge in [-0.1, -0.05) is 12.1 Å². The molecule has 0 saturated heterocycles. The lowest BCUT2D eigenvalue weighted by Gasteiger charge is -2.09. The van der Waals surface area contributed by atoms with Gasteiger partial charge in [-0.3, -0.25) is 0 Å². The van der Waals surface area contributed by atoms with E-state index in [1.807, 2.05) is 32.0 Å². The molecule has 0 aliphatic heterocycles. The van der Waals surface area contributed by atoms with E-state index >= 15 is 0 Å². The van der Waals surface area contributed by atoms with Gasteiger partial charge in [0.15, 0.2) is 0 Å². The zero-order valence-corrected chi connectivity index (χ0v) is 11.6. The summed E-state index contributed by atoms with van der Waals surface area (Å²) in [6.07, 6.45) is 1.20. The number of halogens is 1. The Kier molecular flexibility index (Phi) is 5.28. The largest absolute Gasteiger partial charge is 0.493 e. The Bertz CT molecular complexity index is 469. The van der Waals surface area contributed by atoms with Crippen LogP contribution in [0.5, 0.6) is 5.75 Å². The molecule has 0 spiro atoms. The fourth-order valence-electron chi connectivity index (χ4n) is 1.42. The van der Waals surface area contributed by atoms with Crippen molar-refractivity contribution >= 4 is 19.7 Å². The smallest absolute Gasteiger partial charge is 0.232 e. The Hall–Kier alpha value is -0.740. The first kappa shape index (κ1) is 14.3. The first-order chi connectivity index (χ1) is 7.88. The lowest BCUT2D eigenvalue weighted by atomic mass is 10.1. The van der Waals surface area contributed by atoms with Gasteiger partial charge >= 0.3 is 0 Å². The zero-order chi connectivity index (χ0) is 12.9. The highest BCUT2D eigenvalue weighted by molar-refractivity contribution is 8.13. The third-order valence-electron chi connectivity index (χ3n) is 2.38. The third-order valence-corrected chi connectivity index (χ3v) is 3.62. The van der Waals surface area contributed by atoms with Crippen LogP contribution in [0.3, 0.4) is 0 Å². The molecule has 0 amide bonds. The van der Waals surface area contributed by atoms with Gasteiger partial charge in [0.2, 0.25) is 9.05 Å². The first-order valence-corrected chi connectivity index (χ1v) is 7.99. The van der Waals surface area contributed by atoms with Gasteiger partial charge in [-0.15, -0.1) is 0 Å². The molecule has 0 aromatic heterocycles. The van der Waals surface area contributed by atoms with Crippen molar-refractivity contribution in [2.75, 3.05) is 12.4 Å². The number of unbranched alkanes of at least 4 members (excludes halogenated alkanes) is 1. The summed E-state index contributed by atoms with van der Waals surface area (Å²) in [5, 5.41) is 0. The van der Waals surface area contributed by atoms with Crippen molar-refractivity contribution in [2.24, 2.45) is 0 Å². The molecule has 0 saturated carbocycles. The van der Waals surface area contributed by atoms with Gasteiger partial charge in [-0.25, -0.2) is 8.42 Å². The molecule has 0 heterocycles. The molecule has 1 aromatic rings. The summed E-state index contributed by atoms with van der Waals surface area (Å²) in [5.74, 6) is 0.865. The SMILES string of the molecule is Cc1ccc(C)c(OCCCCS(=O)(=O)Cl)c1. The number of benzene rings is 1. The maximum absolute atomic E-state index is 10.7. The van der Waals surface area contributed by atoms with Crippen molar-refractivity contribution in [1.82, 2.24) is 0 Å². The van der Waals surface area contributed by atoms with Crippen molar-refractivity contribution in [3.63, 3.8) is 0 Å². The fourth-order valence-corrected chi connectivity index (χ4v) is 2.30. The van der Waals surface area contributed by atoms with Crippen molar-refractivity contribution < 1.29 is 13.2 Å². The summed E-state index contributed by atoms with van der Waals surface area (Å²) in [7, 11) is 1.74. The molecular formula is C12H17ClO3S. The highest BCUT2D eigenvalue weighted by atomic mass is 35.7. The molecule has 96 valence electrons. The predicted octanol–water partition coefficient (Wildman–Crippen LogP) is 3.03.